The molecular weight excluding hydrogens is 372 g/mol. The van der Waals surface area contributed by atoms with Gasteiger partial charge in [0.2, 0.25) is 0 Å². The molecule has 1 saturated heterocycles. The summed E-state index contributed by atoms with van der Waals surface area (Å²) in [5.41, 5.74) is 2.88. The van der Waals surface area contributed by atoms with Crippen LogP contribution in [0, 0.1) is 11.3 Å². The molecule has 28 heavy (non-hydrogen) atoms. The van der Waals surface area contributed by atoms with E-state index in [9.17, 15) is 10.1 Å². The zero-order valence-electron chi connectivity index (χ0n) is 15.2. The van der Waals surface area contributed by atoms with Crippen LogP contribution in [0.5, 0.6) is 0 Å². The lowest BCUT2D eigenvalue weighted by molar-refractivity contribution is 0.0722. The normalized spacial score (nSPS) is 17.3. The lowest BCUT2D eigenvalue weighted by Crippen LogP contribution is -2.39. The summed E-state index contributed by atoms with van der Waals surface area (Å²) < 4.78 is 0. The molecule has 140 valence electrons. The van der Waals surface area contributed by atoms with Gasteiger partial charge in [-0.15, -0.1) is 0 Å². The summed E-state index contributed by atoms with van der Waals surface area (Å²) in [6.45, 7) is 0.639. The van der Waals surface area contributed by atoms with Crippen LogP contribution in [0.25, 0.3) is 11.3 Å². The summed E-state index contributed by atoms with van der Waals surface area (Å²) in [5, 5.41) is 17.5. The fourth-order valence-corrected chi connectivity index (χ4v) is 4.01. The Kier molecular flexibility index (Phi) is 5.14. The van der Waals surface area contributed by atoms with E-state index in [4.69, 9.17) is 11.6 Å². The molecule has 0 bridgehead atoms. The highest BCUT2D eigenvalue weighted by Gasteiger charge is 2.36. The average molecular weight is 391 g/mol. The Balaban J connectivity index is 1.58. The maximum absolute atomic E-state index is 13.1. The van der Waals surface area contributed by atoms with E-state index in [0.29, 0.717) is 23.0 Å². The van der Waals surface area contributed by atoms with Gasteiger partial charge in [0, 0.05) is 17.1 Å². The molecule has 1 aliphatic rings. The second-order valence-electron chi connectivity index (χ2n) is 6.90. The highest BCUT2D eigenvalue weighted by molar-refractivity contribution is 6.30. The van der Waals surface area contributed by atoms with Crippen LogP contribution >= 0.6 is 11.6 Å². The Morgan fingerprint density at radius 2 is 2.04 bits per heavy atom. The molecule has 0 saturated carbocycles. The van der Waals surface area contributed by atoms with Crippen LogP contribution in [0.2, 0.25) is 5.02 Å². The standard InChI is InChI=1S/C22H19ClN4O/c23-17-9-4-8-16(12-17)19-13-20(26-25-19)22(28)27-11-5-10-21(27)18(14-24)15-6-2-1-3-7-15/h1-4,6-9,12-13,18,21H,5,10-11H2,(H,25,26)/t18-,21-/m1/s1. The third kappa shape index (κ3) is 3.51. The molecule has 1 aromatic heterocycles. The Morgan fingerprint density at radius 3 is 2.79 bits per heavy atom. The van der Waals surface area contributed by atoms with E-state index in [-0.39, 0.29) is 17.9 Å². The summed E-state index contributed by atoms with van der Waals surface area (Å²) in [6.07, 6.45) is 1.70. The van der Waals surface area contributed by atoms with Crippen molar-refractivity contribution >= 4 is 17.5 Å². The number of carbonyl (C=O) groups excluding carboxylic acids is 1. The van der Waals surface area contributed by atoms with E-state index in [2.05, 4.69) is 16.3 Å². The van der Waals surface area contributed by atoms with E-state index in [1.807, 2.05) is 48.5 Å². The van der Waals surface area contributed by atoms with Gasteiger partial charge in [-0.25, -0.2) is 0 Å². The fourth-order valence-electron chi connectivity index (χ4n) is 3.82. The number of halogens is 1. The zero-order valence-corrected chi connectivity index (χ0v) is 15.9. The number of hydrogen-bond donors (Lipinski definition) is 1. The largest absolute Gasteiger partial charge is 0.333 e. The molecule has 1 amide bonds. The first kappa shape index (κ1) is 18.3. The zero-order chi connectivity index (χ0) is 19.5. The number of carbonyl (C=O) groups is 1. The van der Waals surface area contributed by atoms with Crippen molar-refractivity contribution < 1.29 is 4.79 Å². The number of nitriles is 1. The van der Waals surface area contributed by atoms with E-state index >= 15 is 0 Å². The van der Waals surface area contributed by atoms with Crippen molar-refractivity contribution in [2.24, 2.45) is 0 Å². The van der Waals surface area contributed by atoms with Gasteiger partial charge < -0.3 is 4.90 Å². The predicted molar refractivity (Wildman–Crippen MR) is 108 cm³/mol. The van der Waals surface area contributed by atoms with Crippen LogP contribution in [0.15, 0.2) is 60.7 Å². The van der Waals surface area contributed by atoms with Crippen molar-refractivity contribution in [2.45, 2.75) is 24.8 Å². The number of hydrogen-bond acceptors (Lipinski definition) is 3. The molecule has 2 heterocycles. The fraction of sp³-hybridized carbons (Fsp3) is 0.227. The molecule has 2 aromatic carbocycles. The van der Waals surface area contributed by atoms with E-state index in [0.717, 1.165) is 24.0 Å². The number of nitrogens with zero attached hydrogens (tertiary/aromatic N) is 3. The first-order valence-corrected chi connectivity index (χ1v) is 9.62. The summed E-state index contributed by atoms with van der Waals surface area (Å²) in [6, 6.07) is 21.0. The lowest BCUT2D eigenvalue weighted by Gasteiger charge is -2.28. The molecule has 0 spiro atoms. The molecule has 1 aliphatic heterocycles. The monoisotopic (exact) mass is 390 g/mol. The number of nitrogens with one attached hydrogen (secondary N) is 1. The average Bonchev–Trinajstić information content (AvgIpc) is 3.39. The summed E-state index contributed by atoms with van der Waals surface area (Å²) >= 11 is 6.05. The van der Waals surface area contributed by atoms with E-state index in [1.54, 1.807) is 17.0 Å². The van der Waals surface area contributed by atoms with Crippen LogP contribution in [0.1, 0.15) is 34.8 Å². The highest BCUT2D eigenvalue weighted by Crippen LogP contribution is 2.32. The van der Waals surface area contributed by atoms with Gasteiger partial charge in [0.1, 0.15) is 5.69 Å². The second-order valence-corrected chi connectivity index (χ2v) is 7.34. The number of likely N-dealkylation sites (tertiary alicyclic amines) is 1. The maximum Gasteiger partial charge on any atom is 0.272 e. The van der Waals surface area contributed by atoms with Gasteiger partial charge in [-0.05, 0) is 36.6 Å². The number of amides is 1. The van der Waals surface area contributed by atoms with Crippen LogP contribution in [0.4, 0.5) is 0 Å². The Hall–Kier alpha value is -3.10. The Labute approximate surface area is 168 Å². The SMILES string of the molecule is N#C[C@H](c1ccccc1)[C@H]1CCCN1C(=O)c1cc(-c2cccc(Cl)c2)n[nH]1. The number of aromatic amines is 1. The maximum atomic E-state index is 13.1. The highest BCUT2D eigenvalue weighted by atomic mass is 35.5. The van der Waals surface area contributed by atoms with Crippen LogP contribution in [-0.2, 0) is 0 Å². The third-order valence-electron chi connectivity index (χ3n) is 5.17. The van der Waals surface area contributed by atoms with Crippen LogP contribution in [0.3, 0.4) is 0 Å². The number of benzene rings is 2. The van der Waals surface area contributed by atoms with E-state index < -0.39 is 0 Å². The molecule has 0 aliphatic carbocycles. The van der Waals surface area contributed by atoms with Crippen molar-refractivity contribution in [3.63, 3.8) is 0 Å². The van der Waals surface area contributed by atoms with Gasteiger partial charge in [0.05, 0.1) is 23.7 Å². The van der Waals surface area contributed by atoms with Gasteiger partial charge in [-0.2, -0.15) is 10.4 Å². The molecular formula is C22H19ClN4O. The lowest BCUT2D eigenvalue weighted by atomic mass is 9.91. The Morgan fingerprint density at radius 1 is 1.21 bits per heavy atom. The topological polar surface area (TPSA) is 72.8 Å². The summed E-state index contributed by atoms with van der Waals surface area (Å²) in [7, 11) is 0. The molecule has 0 radical (unpaired) electrons. The molecule has 6 heteroatoms. The summed E-state index contributed by atoms with van der Waals surface area (Å²) in [4.78, 5) is 14.9. The molecule has 0 unspecified atom stereocenters. The van der Waals surface area contributed by atoms with Crippen molar-refractivity contribution in [1.82, 2.24) is 15.1 Å². The minimum atomic E-state index is -0.344. The van der Waals surface area contributed by atoms with Gasteiger partial charge in [0.15, 0.2) is 0 Å². The van der Waals surface area contributed by atoms with Gasteiger partial charge in [-0.3, -0.25) is 9.89 Å². The minimum Gasteiger partial charge on any atom is -0.333 e. The van der Waals surface area contributed by atoms with Crippen molar-refractivity contribution in [3.8, 4) is 17.3 Å². The van der Waals surface area contributed by atoms with Crippen molar-refractivity contribution in [3.05, 3.63) is 76.9 Å². The number of aromatic nitrogens is 2. The third-order valence-corrected chi connectivity index (χ3v) is 5.41. The smallest absolute Gasteiger partial charge is 0.272 e. The van der Waals surface area contributed by atoms with Gasteiger partial charge in [-0.1, -0.05) is 54.1 Å². The van der Waals surface area contributed by atoms with Gasteiger partial charge in [0.25, 0.3) is 5.91 Å². The molecule has 4 rings (SSSR count). The van der Waals surface area contributed by atoms with Gasteiger partial charge >= 0.3 is 0 Å². The first-order valence-electron chi connectivity index (χ1n) is 9.24. The quantitative estimate of drug-likeness (QED) is 0.705. The second kappa shape index (κ2) is 7.87. The Bertz CT molecular complexity index is 1020. The van der Waals surface area contributed by atoms with Crippen molar-refractivity contribution in [2.75, 3.05) is 6.54 Å². The molecule has 5 nitrogen and oxygen atoms in total. The number of H-pyrrole nitrogens is 1. The molecule has 2 atom stereocenters. The first-order chi connectivity index (χ1) is 13.7. The number of rotatable bonds is 4. The molecule has 1 fully saturated rings. The minimum absolute atomic E-state index is 0.126. The van der Waals surface area contributed by atoms with E-state index in [1.165, 1.54) is 0 Å². The predicted octanol–water partition coefficient (Wildman–Crippen LogP) is 4.64. The summed E-state index contributed by atoms with van der Waals surface area (Å²) in [5.74, 6) is -0.470. The molecule has 3 aromatic rings. The van der Waals surface area contributed by atoms with Crippen molar-refractivity contribution in [1.29, 1.82) is 5.26 Å². The molecule has 1 N–H and O–H groups in total. The van der Waals surface area contributed by atoms with Crippen LogP contribution in [-0.4, -0.2) is 33.6 Å². The van der Waals surface area contributed by atoms with Crippen LogP contribution < -0.4 is 0 Å².